The Hall–Kier alpha value is -9.69. The number of aromatic nitrogens is 10. The van der Waals surface area contributed by atoms with Crippen LogP contribution >= 0.6 is 0 Å². The van der Waals surface area contributed by atoms with Crippen LogP contribution in [0.25, 0.3) is 0 Å². The third-order valence-electron chi connectivity index (χ3n) is 22.8. The lowest BCUT2D eigenvalue weighted by atomic mass is 9.95. The summed E-state index contributed by atoms with van der Waals surface area (Å²) in [4.78, 5) is 97.8. The quantitative estimate of drug-likeness (QED) is 0.0165. The SMILES string of the molecule is C1=CCN=C1.C1=NCc2cncnc21.C1=NCc2ncncc21.CC.CC.CC.CC.CNC(CCCCCCCc1ccc2c(n1)CCCC2)C(=O)O.CNC(CCCCCCCc1ccc2c(n1)CCCC2)C(=O)O.CNC(CCCCCCCc1ccc2c(n1)CCCC2)C(=O)O.CNC(CCCCCCCc1ccc2c(n1)CCCC2)C(=O)O.c1cncnc1. The van der Waals surface area contributed by atoms with Gasteiger partial charge in [-0.25, -0.2) is 29.9 Å². The van der Waals surface area contributed by atoms with Crippen molar-refractivity contribution in [1.82, 2.24) is 71.1 Å². The Morgan fingerprint density at radius 2 is 0.651 bits per heavy atom. The van der Waals surface area contributed by atoms with Crippen molar-refractivity contribution in [2.75, 3.05) is 34.7 Å². The Balaban J connectivity index is 0.000000391. The molecule has 0 saturated heterocycles. The van der Waals surface area contributed by atoms with Crippen LogP contribution in [0, 0.1) is 0 Å². The molecule has 7 aliphatic rings. The van der Waals surface area contributed by atoms with Gasteiger partial charge in [0.1, 0.15) is 43.1 Å². The third kappa shape index (κ3) is 49.8. The fraction of sp³-hybridized carbons (Fsp3) is 0.606. The summed E-state index contributed by atoms with van der Waals surface area (Å²) in [6.07, 6.45) is 70.5. The second-order valence-electron chi connectivity index (χ2n) is 32.0. The monoisotopic (exact) mass is 1780 g/mol. The summed E-state index contributed by atoms with van der Waals surface area (Å²) in [5, 5.41) is 47.2. The Bertz CT molecular complexity index is 3760. The Labute approximate surface area is 774 Å². The molecule has 0 amide bonds. The summed E-state index contributed by atoms with van der Waals surface area (Å²) < 4.78 is 0. The zero-order valence-corrected chi connectivity index (χ0v) is 80.9. The molecule has 0 spiro atoms. The molecule has 7 aromatic rings. The van der Waals surface area contributed by atoms with Crippen LogP contribution in [-0.2, 0) is 109 Å². The van der Waals surface area contributed by atoms with Gasteiger partial charge in [-0.3, -0.25) is 54.1 Å². The number of allylic oxidation sites excluding steroid dienone is 1. The smallest absolute Gasteiger partial charge is 0.320 e. The number of unbranched alkanes of at least 4 members (excludes halogenated alkanes) is 16. The number of hydrogen-bond acceptors (Lipinski definition) is 21. The minimum Gasteiger partial charge on any atom is -0.480 e. The molecule has 0 saturated carbocycles. The van der Waals surface area contributed by atoms with E-state index in [1.807, 2.05) is 67.5 Å². The van der Waals surface area contributed by atoms with Gasteiger partial charge in [0.25, 0.3) is 0 Å². The first kappa shape index (κ1) is 113. The first-order chi connectivity index (χ1) is 63.2. The van der Waals surface area contributed by atoms with E-state index in [-0.39, 0.29) is 0 Å². The third-order valence-corrected chi connectivity index (χ3v) is 22.8. The number of likely N-dealkylation sites (N-methyl/N-ethyl adjacent to an activating group) is 4. The molecule has 7 aromatic heterocycles. The zero-order chi connectivity index (χ0) is 94.0. The first-order valence-electron chi connectivity index (χ1n) is 49.2. The summed E-state index contributed by atoms with van der Waals surface area (Å²) in [7, 11) is 6.85. The summed E-state index contributed by atoms with van der Waals surface area (Å²) in [5.41, 5.74) is 20.3. The van der Waals surface area contributed by atoms with Crippen LogP contribution in [0.15, 0.2) is 125 Å². The highest BCUT2D eigenvalue weighted by Crippen LogP contribution is 2.26. The molecule has 25 nitrogen and oxygen atoms in total. The molecule has 0 bridgehead atoms. The number of aryl methyl sites for hydroxylation is 12. The number of aliphatic imine (C=N–C) groups is 3. The Morgan fingerprint density at radius 3 is 0.930 bits per heavy atom. The van der Waals surface area contributed by atoms with Crippen molar-refractivity contribution < 1.29 is 39.6 Å². The molecular formula is C104H163N17O8. The van der Waals surface area contributed by atoms with Gasteiger partial charge in [-0.2, -0.15) is 0 Å². The lowest BCUT2D eigenvalue weighted by Crippen LogP contribution is -2.33. The maximum absolute atomic E-state index is 10.9. The van der Waals surface area contributed by atoms with E-state index in [9.17, 15) is 19.2 Å². The molecule has 8 N–H and O–H groups in total. The largest absolute Gasteiger partial charge is 0.480 e. The van der Waals surface area contributed by atoms with Gasteiger partial charge < -0.3 is 41.7 Å². The maximum Gasteiger partial charge on any atom is 0.320 e. The summed E-state index contributed by atoms with van der Waals surface area (Å²) >= 11 is 0. The minimum atomic E-state index is -0.744. The predicted molar refractivity (Wildman–Crippen MR) is 528 cm³/mol. The fourth-order valence-electron chi connectivity index (χ4n) is 15.6. The highest BCUT2D eigenvalue weighted by molar-refractivity contribution is 5.83. The second-order valence-corrected chi connectivity index (χ2v) is 32.0. The molecule has 4 aliphatic carbocycles. The number of carboxylic acids is 4. The van der Waals surface area contributed by atoms with Crippen LogP contribution < -0.4 is 21.3 Å². The number of fused-ring (bicyclic) bond motifs is 6. The average Bonchev–Trinajstić information content (AvgIpc) is 1.85. The van der Waals surface area contributed by atoms with E-state index in [1.165, 1.54) is 235 Å². The fourth-order valence-corrected chi connectivity index (χ4v) is 15.6. The molecule has 129 heavy (non-hydrogen) atoms. The highest BCUT2D eigenvalue weighted by atomic mass is 16.4. The van der Waals surface area contributed by atoms with Gasteiger partial charge >= 0.3 is 23.9 Å². The zero-order valence-electron chi connectivity index (χ0n) is 80.9. The van der Waals surface area contributed by atoms with Gasteiger partial charge in [0.05, 0.1) is 31.0 Å². The van der Waals surface area contributed by atoms with E-state index in [0.717, 1.165) is 171 Å². The van der Waals surface area contributed by atoms with Gasteiger partial charge in [-0.1, -0.05) is 188 Å². The normalized spacial score (nSPS) is 14.0. The van der Waals surface area contributed by atoms with Crippen LogP contribution in [0.4, 0.5) is 0 Å². The van der Waals surface area contributed by atoms with Crippen molar-refractivity contribution >= 4 is 42.5 Å². The van der Waals surface area contributed by atoms with E-state index in [2.05, 4.69) is 115 Å². The topological polar surface area (TPSA) is 363 Å². The van der Waals surface area contributed by atoms with Crippen LogP contribution in [0.5, 0.6) is 0 Å². The van der Waals surface area contributed by atoms with E-state index in [4.69, 9.17) is 40.4 Å². The summed E-state index contributed by atoms with van der Waals surface area (Å²) in [6.45, 7) is 18.4. The molecule has 0 radical (unpaired) electrons. The van der Waals surface area contributed by atoms with Crippen LogP contribution in [-0.4, -0.2) is 172 Å². The first-order valence-corrected chi connectivity index (χ1v) is 49.2. The number of carbonyl (C=O) groups is 4. The molecule has 25 heteroatoms. The van der Waals surface area contributed by atoms with Crippen molar-refractivity contribution in [3.8, 4) is 0 Å². The van der Waals surface area contributed by atoms with E-state index >= 15 is 0 Å². The molecule has 0 fully saturated rings. The van der Waals surface area contributed by atoms with E-state index in [0.29, 0.717) is 0 Å². The number of hydrogen-bond donors (Lipinski definition) is 8. The second kappa shape index (κ2) is 75.0. The van der Waals surface area contributed by atoms with Crippen molar-refractivity contribution in [3.63, 3.8) is 0 Å². The van der Waals surface area contributed by atoms with Crippen molar-refractivity contribution in [1.29, 1.82) is 0 Å². The van der Waals surface area contributed by atoms with Crippen molar-refractivity contribution in [2.24, 2.45) is 15.0 Å². The Kier molecular flexibility index (Phi) is 66.0. The molecule has 14 rings (SSSR count). The van der Waals surface area contributed by atoms with Gasteiger partial charge in [-0.05, 0) is 267 Å². The van der Waals surface area contributed by atoms with E-state index < -0.39 is 48.0 Å². The highest BCUT2D eigenvalue weighted by Gasteiger charge is 2.20. The van der Waals surface area contributed by atoms with Crippen LogP contribution in [0.3, 0.4) is 0 Å². The van der Waals surface area contributed by atoms with E-state index in [1.54, 1.807) is 84.0 Å². The minimum absolute atomic E-state index is 0.394. The number of carboxylic acid groups (broad SMARTS) is 4. The lowest BCUT2D eigenvalue weighted by Gasteiger charge is -2.15. The number of aliphatic carboxylic acids is 4. The molecule has 4 atom stereocenters. The molecule has 3 aliphatic heterocycles. The van der Waals surface area contributed by atoms with Crippen molar-refractivity contribution in [3.05, 3.63) is 201 Å². The summed E-state index contributed by atoms with van der Waals surface area (Å²) in [5.74, 6) is -2.98. The van der Waals surface area contributed by atoms with Gasteiger partial charge in [0.15, 0.2) is 0 Å². The predicted octanol–water partition coefficient (Wildman–Crippen LogP) is 20.1. The standard InChI is InChI=1S/4C19H30N2O2.2C6H5N3.C4H4N2.C4H5N.4C2H6/c4*1-20-18(19(22)23)12-6-4-2-3-5-10-16-14-13-15-9-7-8-11-17(15)21-16;2*1-5-2-8-4-9-6(5)3-7-1;1-2-5-4-6-3-1;1-2-4-5-3-1;4*1-2/h4*13-14,18,20H,2-12H2,1H3,(H,22,23);2-4H,1H2;1-2,4H,3H2;1-4H;1-3H,4H2;4*1-2H3. The van der Waals surface area contributed by atoms with Crippen LogP contribution in [0.2, 0.25) is 0 Å². The van der Waals surface area contributed by atoms with Gasteiger partial charge in [0, 0.05) is 100 Å². The number of nitrogens with one attached hydrogen (secondary N) is 4. The van der Waals surface area contributed by atoms with Gasteiger partial charge in [0.2, 0.25) is 0 Å². The molecule has 4 unspecified atom stereocenters. The summed E-state index contributed by atoms with van der Waals surface area (Å²) in [6, 6.07) is 18.1. The molecule has 10 heterocycles. The van der Waals surface area contributed by atoms with Crippen LogP contribution in [0.1, 0.15) is 351 Å². The van der Waals surface area contributed by atoms with Crippen molar-refractivity contribution in [2.45, 2.75) is 375 Å². The maximum atomic E-state index is 10.9. The number of rotatable bonds is 40. The number of pyridine rings is 4. The molecule has 712 valence electrons. The lowest BCUT2D eigenvalue weighted by molar-refractivity contribution is -0.140. The number of nitrogens with zero attached hydrogens (tertiary/aromatic N) is 13. The van der Waals surface area contributed by atoms with Gasteiger partial charge in [-0.15, -0.1) is 0 Å². The average molecular weight is 1780 g/mol. The molecular weight excluding hydrogens is 1620 g/mol. The molecule has 0 aromatic carbocycles. The Morgan fingerprint density at radius 1 is 0.333 bits per heavy atom.